The van der Waals surface area contributed by atoms with Crippen LogP contribution in [0, 0.1) is 5.92 Å². The molecule has 0 aliphatic heterocycles. The van der Waals surface area contributed by atoms with Crippen molar-refractivity contribution in [3.05, 3.63) is 46.4 Å². The highest BCUT2D eigenvalue weighted by Gasteiger charge is 2.28. The molecule has 0 spiro atoms. The molecule has 0 fully saturated rings. The molecule has 1 aromatic carbocycles. The number of nitrogens with zero attached hydrogens (tertiary/aromatic N) is 1. The molecule has 0 saturated carbocycles. The summed E-state index contributed by atoms with van der Waals surface area (Å²) in [6.45, 7) is 2.78. The number of fused-ring (bicyclic) bond motifs is 1. The average molecular weight is 340 g/mol. The van der Waals surface area contributed by atoms with Crippen molar-refractivity contribution in [2.45, 2.75) is 33.0 Å². The van der Waals surface area contributed by atoms with Crippen LogP contribution < -0.4 is 10.9 Å². The van der Waals surface area contributed by atoms with Crippen molar-refractivity contribution in [2.75, 3.05) is 6.54 Å². The molecular formula is C17H19F3N2O2. The number of amides is 1. The third kappa shape index (κ3) is 4.37. The number of halogens is 3. The second kappa shape index (κ2) is 7.07. The molecule has 0 radical (unpaired) electrons. The van der Waals surface area contributed by atoms with Gasteiger partial charge in [-0.25, -0.2) is 0 Å². The van der Waals surface area contributed by atoms with Gasteiger partial charge in [0.15, 0.2) is 0 Å². The van der Waals surface area contributed by atoms with Crippen LogP contribution in [0.2, 0.25) is 0 Å². The molecule has 1 aromatic heterocycles. The van der Waals surface area contributed by atoms with Crippen LogP contribution in [0.4, 0.5) is 13.2 Å². The fourth-order valence-corrected chi connectivity index (χ4v) is 2.37. The highest BCUT2D eigenvalue weighted by molar-refractivity contribution is 5.96. The van der Waals surface area contributed by atoms with Crippen LogP contribution in [-0.4, -0.2) is 23.2 Å². The molecule has 24 heavy (non-hydrogen) atoms. The zero-order valence-electron chi connectivity index (χ0n) is 13.5. The van der Waals surface area contributed by atoms with Gasteiger partial charge in [0.2, 0.25) is 0 Å². The zero-order valence-corrected chi connectivity index (χ0v) is 13.5. The van der Waals surface area contributed by atoms with Gasteiger partial charge in [0.05, 0.1) is 0 Å². The number of alkyl halides is 3. The molecule has 0 saturated heterocycles. The minimum Gasteiger partial charge on any atom is -0.342 e. The molecule has 2 rings (SSSR count). The first-order valence-electron chi connectivity index (χ1n) is 7.66. The van der Waals surface area contributed by atoms with E-state index in [2.05, 4.69) is 0 Å². The standard InChI is InChI=1S/C17H19F3N2O2/c1-11(2)7-8-22-14(15(23)21-10-17(18,19)20)9-12-5-3-4-6-13(12)16(22)24/h3-6,9,11H,7-8,10H2,1-2H3,(H,21,23). The summed E-state index contributed by atoms with van der Waals surface area (Å²) in [5, 5.41) is 2.80. The molecule has 1 heterocycles. The SMILES string of the molecule is CC(C)CCn1c(C(=O)NCC(F)(F)F)cc2ccccc2c1=O. The number of benzene rings is 1. The predicted molar refractivity (Wildman–Crippen MR) is 86.1 cm³/mol. The normalized spacial score (nSPS) is 11.9. The summed E-state index contributed by atoms with van der Waals surface area (Å²) < 4.78 is 38.3. The fourth-order valence-electron chi connectivity index (χ4n) is 2.37. The van der Waals surface area contributed by atoms with Crippen molar-refractivity contribution >= 4 is 16.7 Å². The smallest absolute Gasteiger partial charge is 0.342 e. The molecule has 4 nitrogen and oxygen atoms in total. The lowest BCUT2D eigenvalue weighted by atomic mass is 10.1. The summed E-state index contributed by atoms with van der Waals surface area (Å²) in [5.41, 5.74) is -0.422. The maximum absolute atomic E-state index is 12.6. The Morgan fingerprint density at radius 1 is 1.25 bits per heavy atom. The van der Waals surface area contributed by atoms with Gasteiger partial charge < -0.3 is 9.88 Å². The van der Waals surface area contributed by atoms with E-state index >= 15 is 0 Å². The van der Waals surface area contributed by atoms with Gasteiger partial charge in [-0.3, -0.25) is 9.59 Å². The minimum absolute atomic E-state index is 0.0522. The summed E-state index contributed by atoms with van der Waals surface area (Å²) in [7, 11) is 0. The van der Waals surface area contributed by atoms with E-state index < -0.39 is 18.6 Å². The van der Waals surface area contributed by atoms with Crippen molar-refractivity contribution in [1.29, 1.82) is 0 Å². The maximum Gasteiger partial charge on any atom is 0.405 e. The molecule has 1 amide bonds. The predicted octanol–water partition coefficient (Wildman–Crippen LogP) is 3.34. The maximum atomic E-state index is 12.6. The van der Waals surface area contributed by atoms with E-state index in [0.717, 1.165) is 0 Å². The summed E-state index contributed by atoms with van der Waals surface area (Å²) in [6, 6.07) is 8.17. The number of hydrogen-bond acceptors (Lipinski definition) is 2. The molecule has 2 aromatic rings. The quantitative estimate of drug-likeness (QED) is 0.908. The van der Waals surface area contributed by atoms with Crippen molar-refractivity contribution in [3.63, 3.8) is 0 Å². The summed E-state index contributed by atoms with van der Waals surface area (Å²) >= 11 is 0. The molecule has 0 aliphatic rings. The van der Waals surface area contributed by atoms with E-state index in [1.165, 1.54) is 10.6 Å². The van der Waals surface area contributed by atoms with E-state index in [4.69, 9.17) is 0 Å². The number of pyridine rings is 1. The lowest BCUT2D eigenvalue weighted by Crippen LogP contribution is -2.37. The van der Waals surface area contributed by atoms with Crippen LogP contribution in [0.5, 0.6) is 0 Å². The van der Waals surface area contributed by atoms with Crippen molar-refractivity contribution in [1.82, 2.24) is 9.88 Å². The average Bonchev–Trinajstić information content (AvgIpc) is 2.50. The molecule has 7 heteroatoms. The number of nitrogens with one attached hydrogen (secondary N) is 1. The topological polar surface area (TPSA) is 51.1 Å². The van der Waals surface area contributed by atoms with Crippen molar-refractivity contribution in [3.8, 4) is 0 Å². The number of hydrogen-bond donors (Lipinski definition) is 1. The summed E-state index contributed by atoms with van der Waals surface area (Å²) in [4.78, 5) is 24.8. The van der Waals surface area contributed by atoms with E-state index in [9.17, 15) is 22.8 Å². The molecule has 130 valence electrons. The Bertz CT molecular complexity index is 795. The third-order valence-corrected chi connectivity index (χ3v) is 3.63. The minimum atomic E-state index is -4.50. The van der Waals surface area contributed by atoms with Gasteiger partial charge in [-0.2, -0.15) is 13.2 Å². The van der Waals surface area contributed by atoms with Crippen LogP contribution in [0.1, 0.15) is 30.8 Å². The molecule has 0 bridgehead atoms. The lowest BCUT2D eigenvalue weighted by molar-refractivity contribution is -0.123. The van der Waals surface area contributed by atoms with Gasteiger partial charge in [-0.05, 0) is 29.9 Å². The van der Waals surface area contributed by atoms with Crippen molar-refractivity contribution < 1.29 is 18.0 Å². The van der Waals surface area contributed by atoms with Gasteiger partial charge >= 0.3 is 6.18 Å². The number of aromatic nitrogens is 1. The molecule has 0 atom stereocenters. The number of carbonyl (C=O) groups is 1. The Labute approximate surface area is 137 Å². The van der Waals surface area contributed by atoms with E-state index in [1.807, 2.05) is 19.2 Å². The molecule has 0 aliphatic carbocycles. The Kier molecular flexibility index (Phi) is 5.31. The lowest BCUT2D eigenvalue weighted by Gasteiger charge is -2.16. The second-order valence-electron chi connectivity index (χ2n) is 6.05. The second-order valence-corrected chi connectivity index (χ2v) is 6.05. The Morgan fingerprint density at radius 2 is 1.92 bits per heavy atom. The number of carbonyl (C=O) groups excluding carboxylic acids is 1. The first-order valence-corrected chi connectivity index (χ1v) is 7.66. The first-order chi connectivity index (χ1) is 11.2. The van der Waals surface area contributed by atoms with Gasteiger partial charge in [0, 0.05) is 11.9 Å². The highest BCUT2D eigenvalue weighted by atomic mass is 19.4. The molecule has 0 unspecified atom stereocenters. The van der Waals surface area contributed by atoms with Gasteiger partial charge in [-0.1, -0.05) is 32.0 Å². The van der Waals surface area contributed by atoms with E-state index in [1.54, 1.807) is 24.3 Å². The Morgan fingerprint density at radius 3 is 2.54 bits per heavy atom. The van der Waals surface area contributed by atoms with Gasteiger partial charge in [0.25, 0.3) is 11.5 Å². The number of rotatable bonds is 5. The van der Waals surface area contributed by atoms with Crippen molar-refractivity contribution in [2.24, 2.45) is 5.92 Å². The Balaban J connectivity index is 2.47. The zero-order chi connectivity index (χ0) is 17.9. The largest absolute Gasteiger partial charge is 0.405 e. The third-order valence-electron chi connectivity index (χ3n) is 3.63. The Hall–Kier alpha value is -2.31. The van der Waals surface area contributed by atoms with Crippen LogP contribution in [0.25, 0.3) is 10.8 Å². The van der Waals surface area contributed by atoms with Crippen LogP contribution >= 0.6 is 0 Å². The monoisotopic (exact) mass is 340 g/mol. The van der Waals surface area contributed by atoms with Crippen LogP contribution in [0.15, 0.2) is 35.1 Å². The summed E-state index contributed by atoms with van der Waals surface area (Å²) in [6.07, 6.45) is -3.87. The molecule has 1 N–H and O–H groups in total. The van der Waals surface area contributed by atoms with Crippen LogP contribution in [0.3, 0.4) is 0 Å². The van der Waals surface area contributed by atoms with E-state index in [-0.39, 0.29) is 23.7 Å². The first kappa shape index (κ1) is 18.0. The summed E-state index contributed by atoms with van der Waals surface area (Å²) in [5.74, 6) is -0.617. The highest BCUT2D eigenvalue weighted by Crippen LogP contribution is 2.15. The van der Waals surface area contributed by atoms with Crippen LogP contribution in [-0.2, 0) is 6.54 Å². The van der Waals surface area contributed by atoms with E-state index in [0.29, 0.717) is 17.2 Å². The van der Waals surface area contributed by atoms with Gasteiger partial charge in [-0.15, -0.1) is 0 Å². The van der Waals surface area contributed by atoms with Gasteiger partial charge in [0.1, 0.15) is 12.2 Å². The molecular weight excluding hydrogens is 321 g/mol. The fraction of sp³-hybridized carbons (Fsp3) is 0.412.